The Hall–Kier alpha value is -4.04. The summed E-state index contributed by atoms with van der Waals surface area (Å²) in [6, 6.07) is 15.2. The molecule has 4 rings (SSSR count). The van der Waals surface area contributed by atoms with Gasteiger partial charge in [-0.2, -0.15) is 26.3 Å². The van der Waals surface area contributed by atoms with Gasteiger partial charge < -0.3 is 10.6 Å². The van der Waals surface area contributed by atoms with Crippen LogP contribution in [0.5, 0.6) is 0 Å². The molecule has 0 unspecified atom stereocenters. The van der Waals surface area contributed by atoms with Gasteiger partial charge in [-0.1, -0.05) is 47.8 Å². The zero-order valence-electron chi connectivity index (χ0n) is 21.3. The van der Waals surface area contributed by atoms with Crippen LogP contribution in [0.1, 0.15) is 11.1 Å². The van der Waals surface area contributed by atoms with Crippen LogP contribution in [-0.4, -0.2) is 33.3 Å². The molecule has 0 aliphatic carbocycles. The average molecular weight is 623 g/mol. The number of alkyl halides is 6. The van der Waals surface area contributed by atoms with Crippen LogP contribution in [0.15, 0.2) is 95.2 Å². The maximum Gasteiger partial charge on any atom is 0.417 e. The first kappa shape index (κ1) is 30.9. The smallest absolute Gasteiger partial charge is 0.325 e. The van der Waals surface area contributed by atoms with Crippen LogP contribution in [0.4, 0.5) is 37.7 Å². The predicted molar refractivity (Wildman–Crippen MR) is 149 cm³/mol. The highest BCUT2D eigenvalue weighted by Gasteiger charge is 2.39. The quantitative estimate of drug-likeness (QED) is 0.147. The molecule has 2 amide bonds. The van der Waals surface area contributed by atoms with Gasteiger partial charge in [0.25, 0.3) is 0 Å². The minimum absolute atomic E-state index is 0.147. The largest absolute Gasteiger partial charge is 0.417 e. The first-order valence-electron chi connectivity index (χ1n) is 12.0. The number of thioether (sulfide) groups is 2. The van der Waals surface area contributed by atoms with E-state index in [4.69, 9.17) is 0 Å². The van der Waals surface area contributed by atoms with Crippen molar-refractivity contribution in [1.82, 2.24) is 9.97 Å². The molecule has 0 radical (unpaired) electrons. The molecule has 2 aromatic heterocycles. The number of nitrogens with one attached hydrogen (secondary N) is 2. The molecule has 0 spiro atoms. The van der Waals surface area contributed by atoms with E-state index in [2.05, 4.69) is 20.6 Å². The van der Waals surface area contributed by atoms with E-state index in [0.29, 0.717) is 22.2 Å². The molecule has 0 saturated heterocycles. The number of nitrogens with zero attached hydrogens (tertiary/aromatic N) is 2. The fourth-order valence-corrected chi connectivity index (χ4v) is 5.04. The number of halogens is 6. The highest BCUT2D eigenvalue weighted by Crippen LogP contribution is 2.44. The second kappa shape index (κ2) is 13.3. The van der Waals surface area contributed by atoms with Crippen LogP contribution in [0.3, 0.4) is 0 Å². The Kier molecular flexibility index (Phi) is 9.78. The Morgan fingerprint density at radius 3 is 1.36 bits per heavy atom. The van der Waals surface area contributed by atoms with Crippen LogP contribution in [0.2, 0.25) is 0 Å². The molecule has 42 heavy (non-hydrogen) atoms. The first-order valence-corrected chi connectivity index (χ1v) is 14.0. The van der Waals surface area contributed by atoms with Crippen molar-refractivity contribution in [3.05, 3.63) is 96.3 Å². The molecule has 0 aliphatic heterocycles. The van der Waals surface area contributed by atoms with E-state index in [1.165, 1.54) is 12.4 Å². The summed E-state index contributed by atoms with van der Waals surface area (Å²) in [5, 5.41) is 5.74. The van der Waals surface area contributed by atoms with E-state index in [0.717, 1.165) is 47.8 Å². The molecule has 4 aromatic rings. The lowest BCUT2D eigenvalue weighted by Crippen LogP contribution is -2.17. The van der Waals surface area contributed by atoms with Gasteiger partial charge >= 0.3 is 12.4 Å². The lowest BCUT2D eigenvalue weighted by molar-refractivity contribution is -0.139. The number of carbonyl (C=O) groups excluding carboxylic acids is 2. The SMILES string of the molecule is O=C(CSc1ccccn1)Nc1ccc(-c2ccc(NC(=O)CSc3ccccn3)cc2C(F)(F)F)c(C(F)(F)F)c1. The third kappa shape index (κ3) is 8.49. The molecular weight excluding hydrogens is 602 g/mol. The molecule has 14 heteroatoms. The minimum atomic E-state index is -5.04. The Morgan fingerprint density at radius 2 is 1.02 bits per heavy atom. The van der Waals surface area contributed by atoms with Gasteiger partial charge in [0.05, 0.1) is 32.7 Å². The maximum atomic E-state index is 14.1. The molecule has 6 nitrogen and oxygen atoms in total. The molecule has 2 N–H and O–H groups in total. The third-order valence-corrected chi connectivity index (χ3v) is 7.37. The highest BCUT2D eigenvalue weighted by atomic mass is 32.2. The lowest BCUT2D eigenvalue weighted by Gasteiger charge is -2.20. The maximum absolute atomic E-state index is 14.1. The van der Waals surface area contributed by atoms with Gasteiger partial charge in [-0.25, -0.2) is 9.97 Å². The zero-order chi connectivity index (χ0) is 30.3. The van der Waals surface area contributed by atoms with Crippen molar-refractivity contribution in [3.8, 4) is 11.1 Å². The van der Waals surface area contributed by atoms with Gasteiger partial charge in [-0.15, -0.1) is 0 Å². The van der Waals surface area contributed by atoms with E-state index in [1.54, 1.807) is 36.4 Å². The second-order valence-electron chi connectivity index (χ2n) is 8.53. The van der Waals surface area contributed by atoms with Gasteiger partial charge in [0.15, 0.2) is 0 Å². The molecule has 0 bridgehead atoms. The van der Waals surface area contributed by atoms with Crippen molar-refractivity contribution in [2.75, 3.05) is 22.1 Å². The van der Waals surface area contributed by atoms with Crippen LogP contribution < -0.4 is 10.6 Å². The van der Waals surface area contributed by atoms with E-state index >= 15 is 0 Å². The van der Waals surface area contributed by atoms with Crippen LogP contribution in [0.25, 0.3) is 11.1 Å². The van der Waals surface area contributed by atoms with Crippen LogP contribution in [0, 0.1) is 0 Å². The highest BCUT2D eigenvalue weighted by molar-refractivity contribution is 8.00. The molecule has 0 aliphatic rings. The number of carbonyl (C=O) groups is 2. The topological polar surface area (TPSA) is 84.0 Å². The molecule has 2 heterocycles. The van der Waals surface area contributed by atoms with Crippen molar-refractivity contribution >= 4 is 46.7 Å². The van der Waals surface area contributed by atoms with Crippen molar-refractivity contribution in [2.24, 2.45) is 0 Å². The van der Waals surface area contributed by atoms with Gasteiger partial charge in [0, 0.05) is 23.8 Å². The number of anilines is 2. The van der Waals surface area contributed by atoms with Crippen molar-refractivity contribution < 1.29 is 35.9 Å². The molecule has 0 saturated carbocycles. The number of rotatable bonds is 9. The zero-order valence-corrected chi connectivity index (χ0v) is 22.9. The fourth-order valence-electron chi connectivity index (χ4n) is 3.72. The number of pyridine rings is 2. The molecule has 218 valence electrons. The van der Waals surface area contributed by atoms with E-state index in [-0.39, 0.29) is 22.9 Å². The number of amides is 2. The standard InChI is InChI=1S/C28H20F6N4O2S2/c29-27(30,31)21-13-17(37-23(39)15-41-25-5-1-3-11-35-25)7-9-19(21)20-10-8-18(14-22(20)28(32,33)34)38-24(40)16-42-26-6-2-4-12-36-26/h1-14H,15-16H2,(H,37,39)(H,38,40). The van der Waals surface area contributed by atoms with E-state index in [1.807, 2.05) is 0 Å². The number of hydrogen-bond acceptors (Lipinski definition) is 6. The number of aromatic nitrogens is 2. The van der Waals surface area contributed by atoms with Crippen LogP contribution in [-0.2, 0) is 21.9 Å². The van der Waals surface area contributed by atoms with Gasteiger partial charge in [-0.3, -0.25) is 9.59 Å². The second-order valence-corrected chi connectivity index (χ2v) is 10.5. The van der Waals surface area contributed by atoms with Gasteiger partial charge in [0.2, 0.25) is 11.8 Å². The summed E-state index contributed by atoms with van der Waals surface area (Å²) < 4.78 is 84.3. The number of benzene rings is 2. The first-order chi connectivity index (χ1) is 19.9. The molecular formula is C28H20F6N4O2S2. The summed E-state index contributed by atoms with van der Waals surface area (Å²) in [5.74, 6) is -1.54. The van der Waals surface area contributed by atoms with E-state index < -0.39 is 46.4 Å². The summed E-state index contributed by atoms with van der Waals surface area (Å²) in [6.07, 6.45) is -7.05. The van der Waals surface area contributed by atoms with Crippen molar-refractivity contribution in [3.63, 3.8) is 0 Å². The summed E-state index contributed by atoms with van der Waals surface area (Å²) in [6.45, 7) is 0. The summed E-state index contributed by atoms with van der Waals surface area (Å²) >= 11 is 2.13. The van der Waals surface area contributed by atoms with Crippen LogP contribution >= 0.6 is 23.5 Å². The molecule has 0 fully saturated rings. The third-order valence-electron chi connectivity index (χ3n) is 5.49. The summed E-state index contributed by atoms with van der Waals surface area (Å²) in [5.41, 5.74) is -4.68. The molecule has 2 aromatic carbocycles. The Morgan fingerprint density at radius 1 is 0.619 bits per heavy atom. The average Bonchev–Trinajstić information content (AvgIpc) is 2.95. The summed E-state index contributed by atoms with van der Waals surface area (Å²) in [7, 11) is 0. The van der Waals surface area contributed by atoms with Gasteiger partial charge in [-0.05, 0) is 59.7 Å². The Bertz CT molecular complexity index is 1440. The fraction of sp³-hybridized carbons (Fsp3) is 0.143. The lowest BCUT2D eigenvalue weighted by atomic mass is 9.93. The van der Waals surface area contributed by atoms with Gasteiger partial charge in [0.1, 0.15) is 0 Å². The van der Waals surface area contributed by atoms with Crippen molar-refractivity contribution in [2.45, 2.75) is 22.4 Å². The Balaban J connectivity index is 1.56. The number of hydrogen-bond donors (Lipinski definition) is 2. The normalized spacial score (nSPS) is 11.7. The van der Waals surface area contributed by atoms with Crippen molar-refractivity contribution in [1.29, 1.82) is 0 Å². The van der Waals surface area contributed by atoms with E-state index in [9.17, 15) is 35.9 Å². The monoisotopic (exact) mass is 622 g/mol. The Labute approximate surface area is 244 Å². The summed E-state index contributed by atoms with van der Waals surface area (Å²) in [4.78, 5) is 32.7. The minimum Gasteiger partial charge on any atom is -0.325 e. The predicted octanol–water partition coefficient (Wildman–Crippen LogP) is 7.64. The molecule has 0 atom stereocenters.